The monoisotopic (exact) mass is 397 g/mol. The Morgan fingerprint density at radius 2 is 1.88 bits per heavy atom. The molecular weight excluding hydrogens is 373 g/mol. The van der Waals surface area contributed by atoms with E-state index in [0.29, 0.717) is 23.5 Å². The van der Waals surface area contributed by atoms with Crippen LogP contribution in [0.1, 0.15) is 18.4 Å². The summed E-state index contributed by atoms with van der Waals surface area (Å²) in [5, 5.41) is 1.45. The summed E-state index contributed by atoms with van der Waals surface area (Å²) in [6.45, 7) is 7.06. The molecule has 0 aliphatic carbocycles. The summed E-state index contributed by atoms with van der Waals surface area (Å²) >= 11 is 12.5. The number of hydrogen-bond donors (Lipinski definition) is 0. The van der Waals surface area contributed by atoms with Crippen molar-refractivity contribution in [1.29, 1.82) is 0 Å². The van der Waals surface area contributed by atoms with E-state index in [-0.39, 0.29) is 5.91 Å². The number of carbonyl (C=O) groups excluding carboxylic acids is 1. The van der Waals surface area contributed by atoms with E-state index < -0.39 is 0 Å². The second kappa shape index (κ2) is 8.03. The Hall–Kier alpha value is -0.850. The van der Waals surface area contributed by atoms with Gasteiger partial charge in [-0.25, -0.2) is 0 Å². The fraction of sp³-hybridized carbons (Fsp3) is 0.632. The SMILES string of the molecule is O=C1C[C@H]2[C@H](CCN2Cc2cc(Cl)ccc2Cl)N1CCN1CCOCC1. The lowest BCUT2D eigenvalue weighted by atomic mass is 10.1. The van der Waals surface area contributed by atoms with Crippen molar-refractivity contribution < 1.29 is 9.53 Å². The minimum Gasteiger partial charge on any atom is -0.379 e. The highest BCUT2D eigenvalue weighted by Gasteiger charge is 2.46. The number of hydrogen-bond acceptors (Lipinski definition) is 4. The molecule has 1 aromatic rings. The average molecular weight is 398 g/mol. The number of morpholine rings is 1. The van der Waals surface area contributed by atoms with E-state index in [1.54, 1.807) is 0 Å². The van der Waals surface area contributed by atoms with Gasteiger partial charge in [0.2, 0.25) is 5.91 Å². The number of amides is 1. The summed E-state index contributed by atoms with van der Waals surface area (Å²) in [5.41, 5.74) is 1.04. The first-order valence-electron chi connectivity index (χ1n) is 9.39. The molecular formula is C19H25Cl2N3O2. The maximum atomic E-state index is 12.6. The van der Waals surface area contributed by atoms with E-state index in [2.05, 4.69) is 14.7 Å². The predicted molar refractivity (Wildman–Crippen MR) is 103 cm³/mol. The Bertz CT molecular complexity index is 666. The Morgan fingerprint density at radius 3 is 2.69 bits per heavy atom. The van der Waals surface area contributed by atoms with Crippen LogP contribution in [0.25, 0.3) is 0 Å². The van der Waals surface area contributed by atoms with Gasteiger partial charge in [-0.2, -0.15) is 0 Å². The van der Waals surface area contributed by atoms with Crippen LogP contribution in [0.3, 0.4) is 0 Å². The highest BCUT2D eigenvalue weighted by atomic mass is 35.5. The van der Waals surface area contributed by atoms with Gasteiger partial charge in [0.05, 0.1) is 13.2 Å². The standard InChI is InChI=1S/C19H25Cl2N3O2/c20-15-1-2-16(21)14(11-15)13-23-4-3-17-18(23)12-19(25)24(17)6-5-22-7-9-26-10-8-22/h1-2,11,17-18H,3-10,12-13H2/t17-,18-/m0/s1. The smallest absolute Gasteiger partial charge is 0.224 e. The van der Waals surface area contributed by atoms with Gasteiger partial charge in [-0.3, -0.25) is 14.6 Å². The van der Waals surface area contributed by atoms with Crippen LogP contribution in [0, 0.1) is 0 Å². The number of fused-ring (bicyclic) bond motifs is 1. The Morgan fingerprint density at radius 1 is 1.08 bits per heavy atom. The molecule has 3 aliphatic rings. The Balaban J connectivity index is 1.38. The molecule has 3 fully saturated rings. The van der Waals surface area contributed by atoms with E-state index in [4.69, 9.17) is 27.9 Å². The molecule has 3 heterocycles. The summed E-state index contributed by atoms with van der Waals surface area (Å²) in [6.07, 6.45) is 1.66. The number of carbonyl (C=O) groups is 1. The van der Waals surface area contributed by atoms with Gasteiger partial charge in [-0.15, -0.1) is 0 Å². The topological polar surface area (TPSA) is 36.0 Å². The molecule has 26 heavy (non-hydrogen) atoms. The molecule has 0 aromatic heterocycles. The molecule has 142 valence electrons. The van der Waals surface area contributed by atoms with Crippen LogP contribution in [0.2, 0.25) is 10.0 Å². The van der Waals surface area contributed by atoms with Crippen molar-refractivity contribution >= 4 is 29.1 Å². The van der Waals surface area contributed by atoms with E-state index >= 15 is 0 Å². The number of rotatable bonds is 5. The van der Waals surface area contributed by atoms with E-state index in [9.17, 15) is 4.79 Å². The number of nitrogens with zero attached hydrogens (tertiary/aromatic N) is 3. The number of likely N-dealkylation sites (tertiary alicyclic amines) is 2. The molecule has 3 aliphatic heterocycles. The van der Waals surface area contributed by atoms with Crippen LogP contribution in [0.5, 0.6) is 0 Å². The van der Waals surface area contributed by atoms with Crippen LogP contribution in [-0.2, 0) is 16.1 Å². The van der Waals surface area contributed by atoms with Gasteiger partial charge < -0.3 is 9.64 Å². The van der Waals surface area contributed by atoms with Gasteiger partial charge in [-0.1, -0.05) is 23.2 Å². The lowest BCUT2D eigenvalue weighted by molar-refractivity contribution is -0.129. The summed E-state index contributed by atoms with van der Waals surface area (Å²) in [7, 11) is 0. The van der Waals surface area contributed by atoms with Crippen molar-refractivity contribution in [3.63, 3.8) is 0 Å². The van der Waals surface area contributed by atoms with Crippen LogP contribution < -0.4 is 0 Å². The van der Waals surface area contributed by atoms with Gasteiger partial charge in [-0.05, 0) is 30.2 Å². The minimum absolute atomic E-state index is 0.287. The molecule has 1 aromatic carbocycles. The summed E-state index contributed by atoms with van der Waals surface area (Å²) in [6, 6.07) is 6.22. The first kappa shape index (κ1) is 18.5. The Kier molecular flexibility index (Phi) is 5.72. The van der Waals surface area contributed by atoms with Gasteiger partial charge in [0.15, 0.2) is 0 Å². The molecule has 0 unspecified atom stereocenters. The zero-order valence-electron chi connectivity index (χ0n) is 14.9. The maximum absolute atomic E-state index is 12.6. The fourth-order valence-electron chi connectivity index (χ4n) is 4.45. The van der Waals surface area contributed by atoms with E-state index in [0.717, 1.165) is 69.5 Å². The molecule has 0 bridgehead atoms. The molecule has 0 spiro atoms. The molecule has 0 saturated carbocycles. The van der Waals surface area contributed by atoms with Crippen molar-refractivity contribution in [1.82, 2.24) is 14.7 Å². The van der Waals surface area contributed by atoms with Crippen LogP contribution >= 0.6 is 23.2 Å². The predicted octanol–water partition coefficient (Wildman–Crippen LogP) is 2.50. The van der Waals surface area contributed by atoms with Crippen molar-refractivity contribution in [2.45, 2.75) is 31.5 Å². The van der Waals surface area contributed by atoms with Crippen molar-refractivity contribution in [3.8, 4) is 0 Å². The molecule has 1 amide bonds. The van der Waals surface area contributed by atoms with Crippen molar-refractivity contribution in [2.24, 2.45) is 0 Å². The van der Waals surface area contributed by atoms with Crippen molar-refractivity contribution in [3.05, 3.63) is 33.8 Å². The van der Waals surface area contributed by atoms with Crippen LogP contribution in [0.15, 0.2) is 18.2 Å². The second-order valence-corrected chi connectivity index (χ2v) is 8.22. The lowest BCUT2D eigenvalue weighted by Gasteiger charge is -2.30. The quantitative estimate of drug-likeness (QED) is 0.764. The number of ether oxygens (including phenoxy) is 1. The molecule has 0 N–H and O–H groups in total. The molecule has 4 rings (SSSR count). The van der Waals surface area contributed by atoms with E-state index in [1.807, 2.05) is 18.2 Å². The number of halogens is 2. The second-order valence-electron chi connectivity index (χ2n) is 7.37. The van der Waals surface area contributed by atoms with Crippen LogP contribution in [0.4, 0.5) is 0 Å². The molecule has 5 nitrogen and oxygen atoms in total. The average Bonchev–Trinajstić information content (AvgIpc) is 3.16. The normalized spacial score (nSPS) is 27.3. The highest BCUT2D eigenvalue weighted by molar-refractivity contribution is 6.33. The molecule has 7 heteroatoms. The van der Waals surface area contributed by atoms with Gasteiger partial charge in [0.25, 0.3) is 0 Å². The molecule has 3 saturated heterocycles. The third-order valence-corrected chi connectivity index (χ3v) is 6.48. The maximum Gasteiger partial charge on any atom is 0.224 e. The van der Waals surface area contributed by atoms with Crippen LogP contribution in [-0.4, -0.2) is 78.6 Å². The summed E-state index contributed by atoms with van der Waals surface area (Å²) < 4.78 is 5.40. The fourth-order valence-corrected chi connectivity index (χ4v) is 4.83. The van der Waals surface area contributed by atoms with Crippen molar-refractivity contribution in [2.75, 3.05) is 45.9 Å². The highest BCUT2D eigenvalue weighted by Crippen LogP contribution is 2.34. The summed E-state index contributed by atoms with van der Waals surface area (Å²) in [5.74, 6) is 0.287. The lowest BCUT2D eigenvalue weighted by Crippen LogP contribution is -2.44. The Labute approximate surface area is 164 Å². The zero-order chi connectivity index (χ0) is 18.1. The van der Waals surface area contributed by atoms with E-state index in [1.165, 1.54) is 0 Å². The zero-order valence-corrected chi connectivity index (χ0v) is 16.4. The summed E-state index contributed by atoms with van der Waals surface area (Å²) in [4.78, 5) is 19.5. The minimum atomic E-state index is 0.287. The van der Waals surface area contributed by atoms with Gasteiger partial charge in [0, 0.05) is 67.8 Å². The molecule has 0 radical (unpaired) electrons. The first-order valence-corrected chi connectivity index (χ1v) is 10.1. The first-order chi connectivity index (χ1) is 12.6. The van der Waals surface area contributed by atoms with Gasteiger partial charge >= 0.3 is 0 Å². The molecule has 2 atom stereocenters. The third-order valence-electron chi connectivity index (χ3n) is 5.87. The van der Waals surface area contributed by atoms with Gasteiger partial charge in [0.1, 0.15) is 0 Å². The largest absolute Gasteiger partial charge is 0.379 e. The third kappa shape index (κ3) is 3.87. The number of benzene rings is 1.